The Morgan fingerprint density at radius 3 is 3.00 bits per heavy atom. The largest absolute Gasteiger partial charge is 0.316 e. The first-order valence-corrected chi connectivity index (χ1v) is 5.30. The molecular formula is C12H14FN. The highest BCUT2D eigenvalue weighted by atomic mass is 19.1. The molecule has 3 rings (SSSR count). The van der Waals surface area contributed by atoms with Crippen LogP contribution in [-0.2, 0) is 11.8 Å². The minimum Gasteiger partial charge on any atom is -0.316 e. The summed E-state index contributed by atoms with van der Waals surface area (Å²) >= 11 is 0. The number of rotatable bonds is 0. The van der Waals surface area contributed by atoms with E-state index in [0.29, 0.717) is 0 Å². The van der Waals surface area contributed by atoms with Crippen molar-refractivity contribution in [2.45, 2.75) is 24.7 Å². The molecule has 1 aliphatic carbocycles. The Labute approximate surface area is 83.3 Å². The van der Waals surface area contributed by atoms with Gasteiger partial charge in [0.2, 0.25) is 0 Å². The van der Waals surface area contributed by atoms with E-state index in [1.54, 1.807) is 6.07 Å². The summed E-state index contributed by atoms with van der Waals surface area (Å²) < 4.78 is 13.5. The average molecular weight is 191 g/mol. The van der Waals surface area contributed by atoms with E-state index in [-0.39, 0.29) is 11.2 Å². The summed E-state index contributed by atoms with van der Waals surface area (Å²) in [6.07, 6.45) is 3.21. The minimum atomic E-state index is -0.00808. The number of hydrogen-bond donors (Lipinski definition) is 1. The third kappa shape index (κ3) is 0.976. The quantitative estimate of drug-likeness (QED) is 0.661. The van der Waals surface area contributed by atoms with Crippen LogP contribution in [0.15, 0.2) is 18.2 Å². The summed E-state index contributed by atoms with van der Waals surface area (Å²) in [5.74, 6) is -0.00808. The highest BCUT2D eigenvalue weighted by Crippen LogP contribution is 2.43. The van der Waals surface area contributed by atoms with Crippen LogP contribution < -0.4 is 5.32 Å². The van der Waals surface area contributed by atoms with Crippen LogP contribution in [0.1, 0.15) is 24.0 Å². The van der Waals surface area contributed by atoms with Crippen molar-refractivity contribution in [3.63, 3.8) is 0 Å². The molecule has 1 unspecified atom stereocenters. The molecule has 1 saturated heterocycles. The van der Waals surface area contributed by atoms with Gasteiger partial charge in [0, 0.05) is 12.0 Å². The first-order chi connectivity index (χ1) is 6.82. The number of nitrogens with one attached hydrogen (secondary N) is 1. The van der Waals surface area contributed by atoms with Gasteiger partial charge in [-0.1, -0.05) is 12.1 Å². The molecule has 1 spiro atoms. The van der Waals surface area contributed by atoms with Crippen LogP contribution in [-0.4, -0.2) is 13.1 Å². The molecule has 1 nitrogen and oxygen atoms in total. The third-order valence-electron chi connectivity index (χ3n) is 3.79. The fourth-order valence-electron chi connectivity index (χ4n) is 3.00. The number of fused-ring (bicyclic) bond motifs is 2. The van der Waals surface area contributed by atoms with E-state index >= 15 is 0 Å². The molecule has 1 aromatic carbocycles. The molecule has 0 aromatic heterocycles. The van der Waals surface area contributed by atoms with Gasteiger partial charge in [0.25, 0.3) is 0 Å². The van der Waals surface area contributed by atoms with Gasteiger partial charge < -0.3 is 5.32 Å². The lowest BCUT2D eigenvalue weighted by Gasteiger charge is -2.23. The first kappa shape index (κ1) is 8.42. The Balaban J connectivity index is 2.14. The standard InChI is InChI=1S/C12H14FN/c13-11-3-1-2-10-9(11)4-5-12(10)6-7-14-8-12/h1-3,14H,4-8H2. The summed E-state index contributed by atoms with van der Waals surface area (Å²) in [5.41, 5.74) is 2.50. The second-order valence-electron chi connectivity index (χ2n) is 4.47. The Kier molecular flexibility index (Phi) is 1.68. The molecule has 2 aliphatic rings. The second kappa shape index (κ2) is 2.80. The van der Waals surface area contributed by atoms with Crippen LogP contribution in [0.25, 0.3) is 0 Å². The van der Waals surface area contributed by atoms with Crippen molar-refractivity contribution in [2.24, 2.45) is 0 Å². The number of hydrogen-bond acceptors (Lipinski definition) is 1. The van der Waals surface area contributed by atoms with Crippen LogP contribution in [0.4, 0.5) is 4.39 Å². The van der Waals surface area contributed by atoms with Gasteiger partial charge in [0.15, 0.2) is 0 Å². The SMILES string of the molecule is Fc1cccc2c1CCC21CCNC1. The molecule has 0 saturated carbocycles. The van der Waals surface area contributed by atoms with E-state index < -0.39 is 0 Å². The second-order valence-corrected chi connectivity index (χ2v) is 4.47. The molecule has 1 aliphatic heterocycles. The van der Waals surface area contributed by atoms with Gasteiger partial charge >= 0.3 is 0 Å². The molecule has 2 heteroatoms. The van der Waals surface area contributed by atoms with Crippen molar-refractivity contribution >= 4 is 0 Å². The predicted molar refractivity (Wildman–Crippen MR) is 53.9 cm³/mol. The van der Waals surface area contributed by atoms with Crippen LogP contribution in [0.5, 0.6) is 0 Å². The van der Waals surface area contributed by atoms with Gasteiger partial charge in [-0.2, -0.15) is 0 Å². The summed E-state index contributed by atoms with van der Waals surface area (Å²) in [4.78, 5) is 0. The normalized spacial score (nSPS) is 29.8. The molecule has 0 bridgehead atoms. The van der Waals surface area contributed by atoms with Crippen LogP contribution in [0, 0.1) is 5.82 Å². The highest BCUT2D eigenvalue weighted by Gasteiger charge is 2.41. The zero-order chi connectivity index (χ0) is 9.60. The lowest BCUT2D eigenvalue weighted by atomic mass is 9.81. The predicted octanol–water partition coefficient (Wildman–Crippen LogP) is 2.00. The molecule has 1 aromatic rings. The topological polar surface area (TPSA) is 12.0 Å². The Bertz CT molecular complexity index is 367. The maximum absolute atomic E-state index is 13.5. The monoisotopic (exact) mass is 191 g/mol. The minimum absolute atomic E-state index is 0.00808. The Morgan fingerprint density at radius 2 is 2.21 bits per heavy atom. The van der Waals surface area contributed by atoms with E-state index in [4.69, 9.17) is 0 Å². The average Bonchev–Trinajstić information content (AvgIpc) is 2.78. The molecule has 1 atom stereocenters. The van der Waals surface area contributed by atoms with Gasteiger partial charge in [-0.05, 0) is 43.0 Å². The molecule has 0 radical (unpaired) electrons. The zero-order valence-corrected chi connectivity index (χ0v) is 8.15. The van der Waals surface area contributed by atoms with Gasteiger partial charge in [0.05, 0.1) is 0 Å². The van der Waals surface area contributed by atoms with Crippen LogP contribution in [0.2, 0.25) is 0 Å². The van der Waals surface area contributed by atoms with Crippen molar-refractivity contribution in [1.29, 1.82) is 0 Å². The van der Waals surface area contributed by atoms with Crippen molar-refractivity contribution in [3.05, 3.63) is 35.1 Å². The summed E-state index contributed by atoms with van der Waals surface area (Å²) in [6, 6.07) is 5.54. The lowest BCUT2D eigenvalue weighted by molar-refractivity contribution is 0.468. The maximum Gasteiger partial charge on any atom is 0.126 e. The van der Waals surface area contributed by atoms with E-state index in [1.165, 1.54) is 12.0 Å². The molecule has 14 heavy (non-hydrogen) atoms. The van der Waals surface area contributed by atoms with Crippen molar-refractivity contribution in [2.75, 3.05) is 13.1 Å². The van der Waals surface area contributed by atoms with Crippen LogP contribution >= 0.6 is 0 Å². The fourth-order valence-corrected chi connectivity index (χ4v) is 3.00. The van der Waals surface area contributed by atoms with E-state index in [9.17, 15) is 4.39 Å². The van der Waals surface area contributed by atoms with Crippen molar-refractivity contribution in [3.8, 4) is 0 Å². The van der Waals surface area contributed by atoms with Gasteiger partial charge in [-0.25, -0.2) is 4.39 Å². The molecule has 1 heterocycles. The molecule has 1 fully saturated rings. The first-order valence-electron chi connectivity index (χ1n) is 5.30. The maximum atomic E-state index is 13.5. The Hall–Kier alpha value is -0.890. The van der Waals surface area contributed by atoms with E-state index in [0.717, 1.165) is 31.5 Å². The zero-order valence-electron chi connectivity index (χ0n) is 8.15. The van der Waals surface area contributed by atoms with E-state index in [1.807, 2.05) is 6.07 Å². The van der Waals surface area contributed by atoms with Gasteiger partial charge in [-0.15, -0.1) is 0 Å². The molecule has 0 amide bonds. The fraction of sp³-hybridized carbons (Fsp3) is 0.500. The summed E-state index contributed by atoms with van der Waals surface area (Å²) in [5, 5.41) is 3.39. The summed E-state index contributed by atoms with van der Waals surface area (Å²) in [7, 11) is 0. The van der Waals surface area contributed by atoms with Crippen molar-refractivity contribution in [1.82, 2.24) is 5.32 Å². The van der Waals surface area contributed by atoms with Gasteiger partial charge in [-0.3, -0.25) is 0 Å². The molecule has 1 N–H and O–H groups in total. The number of benzene rings is 1. The molecular weight excluding hydrogens is 177 g/mol. The van der Waals surface area contributed by atoms with Gasteiger partial charge in [0.1, 0.15) is 5.82 Å². The Morgan fingerprint density at radius 1 is 1.29 bits per heavy atom. The third-order valence-corrected chi connectivity index (χ3v) is 3.79. The number of halogens is 1. The van der Waals surface area contributed by atoms with E-state index in [2.05, 4.69) is 11.4 Å². The van der Waals surface area contributed by atoms with Crippen LogP contribution in [0.3, 0.4) is 0 Å². The lowest BCUT2D eigenvalue weighted by Crippen LogP contribution is -2.25. The molecule has 74 valence electrons. The highest BCUT2D eigenvalue weighted by molar-refractivity contribution is 5.41. The summed E-state index contributed by atoms with van der Waals surface area (Å²) in [6.45, 7) is 2.11. The smallest absolute Gasteiger partial charge is 0.126 e. The van der Waals surface area contributed by atoms with Crippen molar-refractivity contribution < 1.29 is 4.39 Å².